The Hall–Kier alpha value is -3.45. The number of aromatic nitrogens is 1. The second kappa shape index (κ2) is 8.96. The second-order valence-corrected chi connectivity index (χ2v) is 6.79. The van der Waals surface area contributed by atoms with Crippen LogP contribution in [0.4, 0.5) is 5.69 Å². The van der Waals surface area contributed by atoms with E-state index in [4.69, 9.17) is 9.47 Å². The minimum absolute atomic E-state index is 0.288. The highest BCUT2D eigenvalue weighted by atomic mass is 32.1. The minimum Gasteiger partial charge on any atom is -0.496 e. The van der Waals surface area contributed by atoms with Crippen molar-refractivity contribution in [3.05, 3.63) is 76.3 Å². The van der Waals surface area contributed by atoms with Gasteiger partial charge in [-0.2, -0.15) is 0 Å². The molecule has 0 aliphatic carbocycles. The van der Waals surface area contributed by atoms with E-state index in [1.54, 1.807) is 54.6 Å². The topological polar surface area (TPSA) is 77.5 Å². The van der Waals surface area contributed by atoms with Crippen LogP contribution in [0.25, 0.3) is 6.08 Å². The van der Waals surface area contributed by atoms with E-state index in [1.165, 1.54) is 24.5 Å². The second-order valence-electron chi connectivity index (χ2n) is 5.72. The maximum Gasteiger partial charge on any atom is 0.336 e. The molecule has 1 N–H and O–H groups in total. The highest BCUT2D eigenvalue weighted by molar-refractivity contribution is 7.09. The third kappa shape index (κ3) is 5.05. The SMILES string of the molecule is COc1ccccc1C(=O)Nc1ccc(OC(=O)/C=C/c2csc(C)n2)cc1. The van der Waals surface area contributed by atoms with Gasteiger partial charge in [0.05, 0.1) is 23.4 Å². The van der Waals surface area contributed by atoms with Gasteiger partial charge in [-0.25, -0.2) is 9.78 Å². The highest BCUT2D eigenvalue weighted by Gasteiger charge is 2.11. The fourth-order valence-electron chi connectivity index (χ4n) is 2.40. The molecule has 28 heavy (non-hydrogen) atoms. The van der Waals surface area contributed by atoms with E-state index in [1.807, 2.05) is 12.3 Å². The summed E-state index contributed by atoms with van der Waals surface area (Å²) in [4.78, 5) is 28.5. The Morgan fingerprint density at radius 2 is 1.86 bits per heavy atom. The molecule has 0 atom stereocenters. The van der Waals surface area contributed by atoms with Crippen LogP contribution in [0.3, 0.4) is 0 Å². The molecular formula is C21H18N2O4S. The van der Waals surface area contributed by atoms with Crippen LogP contribution in [0, 0.1) is 6.92 Å². The molecule has 0 fully saturated rings. The molecule has 6 nitrogen and oxygen atoms in total. The van der Waals surface area contributed by atoms with Crippen LogP contribution in [0.5, 0.6) is 11.5 Å². The summed E-state index contributed by atoms with van der Waals surface area (Å²) in [5.74, 6) is 0.0761. The Morgan fingerprint density at radius 3 is 2.54 bits per heavy atom. The van der Waals surface area contributed by atoms with Gasteiger partial charge in [0.1, 0.15) is 11.5 Å². The van der Waals surface area contributed by atoms with Crippen LogP contribution < -0.4 is 14.8 Å². The Bertz CT molecular complexity index is 1010. The fourth-order valence-corrected chi connectivity index (χ4v) is 2.98. The number of esters is 1. The molecule has 0 bridgehead atoms. The lowest BCUT2D eigenvalue weighted by atomic mass is 10.2. The predicted molar refractivity (Wildman–Crippen MR) is 109 cm³/mol. The summed E-state index contributed by atoms with van der Waals surface area (Å²) in [6.07, 6.45) is 2.93. The van der Waals surface area contributed by atoms with Gasteiger partial charge < -0.3 is 14.8 Å². The molecule has 3 aromatic rings. The number of hydrogen-bond donors (Lipinski definition) is 1. The number of para-hydroxylation sites is 1. The lowest BCUT2D eigenvalue weighted by Crippen LogP contribution is -2.13. The highest BCUT2D eigenvalue weighted by Crippen LogP contribution is 2.21. The van der Waals surface area contributed by atoms with Gasteiger partial charge in [0.2, 0.25) is 0 Å². The number of ether oxygens (including phenoxy) is 2. The molecule has 0 aliphatic heterocycles. The van der Waals surface area contributed by atoms with Crippen molar-refractivity contribution in [2.75, 3.05) is 12.4 Å². The molecule has 1 heterocycles. The number of benzene rings is 2. The number of amides is 1. The summed E-state index contributed by atoms with van der Waals surface area (Å²) in [6, 6.07) is 13.5. The van der Waals surface area contributed by atoms with Crippen molar-refractivity contribution in [2.45, 2.75) is 6.92 Å². The molecule has 3 rings (SSSR count). The van der Waals surface area contributed by atoms with Crippen LogP contribution in [-0.4, -0.2) is 24.0 Å². The lowest BCUT2D eigenvalue weighted by Gasteiger charge is -2.09. The summed E-state index contributed by atoms with van der Waals surface area (Å²) >= 11 is 1.51. The van der Waals surface area contributed by atoms with Gasteiger partial charge in [-0.15, -0.1) is 11.3 Å². The minimum atomic E-state index is -0.503. The number of aryl methyl sites for hydroxylation is 1. The maximum absolute atomic E-state index is 12.4. The van der Waals surface area contributed by atoms with E-state index < -0.39 is 5.97 Å². The normalized spacial score (nSPS) is 10.6. The van der Waals surface area contributed by atoms with Gasteiger partial charge in [0.25, 0.3) is 5.91 Å². The van der Waals surface area contributed by atoms with Crippen molar-refractivity contribution in [3.63, 3.8) is 0 Å². The number of nitrogens with one attached hydrogen (secondary N) is 1. The van der Waals surface area contributed by atoms with E-state index in [0.717, 1.165) is 5.01 Å². The molecule has 0 spiro atoms. The first kappa shape index (κ1) is 19.3. The number of methoxy groups -OCH3 is 1. The van der Waals surface area contributed by atoms with Gasteiger partial charge in [-0.3, -0.25) is 4.79 Å². The fraction of sp³-hybridized carbons (Fsp3) is 0.0952. The van der Waals surface area contributed by atoms with Gasteiger partial charge in [0, 0.05) is 17.1 Å². The molecule has 1 aromatic heterocycles. The first-order valence-corrected chi connectivity index (χ1v) is 9.29. The van der Waals surface area contributed by atoms with Crippen LogP contribution in [0.15, 0.2) is 60.0 Å². The summed E-state index contributed by atoms with van der Waals surface area (Å²) < 4.78 is 10.4. The predicted octanol–water partition coefficient (Wildman–Crippen LogP) is 4.33. The summed E-state index contributed by atoms with van der Waals surface area (Å²) in [6.45, 7) is 1.90. The molecule has 0 saturated carbocycles. The molecule has 0 aliphatic rings. The molecular weight excluding hydrogens is 376 g/mol. The Morgan fingerprint density at radius 1 is 1.11 bits per heavy atom. The van der Waals surface area contributed by atoms with Crippen molar-refractivity contribution in [2.24, 2.45) is 0 Å². The maximum atomic E-state index is 12.4. The first-order valence-electron chi connectivity index (χ1n) is 8.41. The lowest BCUT2D eigenvalue weighted by molar-refractivity contribution is -0.128. The van der Waals surface area contributed by atoms with E-state index in [-0.39, 0.29) is 5.91 Å². The van der Waals surface area contributed by atoms with E-state index in [0.29, 0.717) is 28.4 Å². The van der Waals surface area contributed by atoms with Crippen LogP contribution in [0.1, 0.15) is 21.1 Å². The molecule has 0 radical (unpaired) electrons. The smallest absolute Gasteiger partial charge is 0.336 e. The Balaban J connectivity index is 1.59. The molecule has 142 valence electrons. The molecule has 2 aromatic carbocycles. The van der Waals surface area contributed by atoms with Crippen molar-refractivity contribution in [1.82, 2.24) is 4.98 Å². The van der Waals surface area contributed by atoms with E-state index in [9.17, 15) is 9.59 Å². The third-order valence-corrected chi connectivity index (χ3v) is 4.50. The Kier molecular flexibility index (Phi) is 6.18. The van der Waals surface area contributed by atoms with Gasteiger partial charge >= 0.3 is 5.97 Å². The van der Waals surface area contributed by atoms with Gasteiger partial charge in [-0.1, -0.05) is 12.1 Å². The van der Waals surface area contributed by atoms with E-state index in [2.05, 4.69) is 10.3 Å². The Labute approximate surface area is 166 Å². The van der Waals surface area contributed by atoms with Crippen LogP contribution in [-0.2, 0) is 4.79 Å². The van der Waals surface area contributed by atoms with Crippen LogP contribution >= 0.6 is 11.3 Å². The number of thiazole rings is 1. The number of nitrogens with zero attached hydrogens (tertiary/aromatic N) is 1. The zero-order chi connectivity index (χ0) is 19.9. The first-order chi connectivity index (χ1) is 13.5. The monoisotopic (exact) mass is 394 g/mol. The number of anilines is 1. The van der Waals surface area contributed by atoms with E-state index >= 15 is 0 Å². The van der Waals surface area contributed by atoms with Crippen molar-refractivity contribution in [3.8, 4) is 11.5 Å². The average molecular weight is 394 g/mol. The summed E-state index contributed by atoms with van der Waals surface area (Å²) in [5, 5.41) is 5.57. The molecule has 0 saturated heterocycles. The van der Waals surface area contributed by atoms with Crippen LogP contribution in [0.2, 0.25) is 0 Å². The van der Waals surface area contributed by atoms with Crippen molar-refractivity contribution < 1.29 is 19.1 Å². The largest absolute Gasteiger partial charge is 0.496 e. The summed E-state index contributed by atoms with van der Waals surface area (Å²) in [7, 11) is 1.51. The van der Waals surface area contributed by atoms with Crippen molar-refractivity contribution in [1.29, 1.82) is 0 Å². The van der Waals surface area contributed by atoms with Gasteiger partial charge in [0.15, 0.2) is 0 Å². The number of hydrogen-bond acceptors (Lipinski definition) is 6. The number of rotatable bonds is 6. The summed E-state index contributed by atoms with van der Waals surface area (Å²) in [5.41, 5.74) is 1.72. The quantitative estimate of drug-likeness (QED) is 0.382. The van der Waals surface area contributed by atoms with Gasteiger partial charge in [-0.05, 0) is 49.4 Å². The number of carbonyl (C=O) groups is 2. The zero-order valence-electron chi connectivity index (χ0n) is 15.3. The van der Waals surface area contributed by atoms with Crippen molar-refractivity contribution >= 4 is 35.0 Å². The molecule has 0 unspecified atom stereocenters. The molecule has 7 heteroatoms. The average Bonchev–Trinajstić information content (AvgIpc) is 3.13. The number of carbonyl (C=O) groups excluding carboxylic acids is 2. The zero-order valence-corrected chi connectivity index (χ0v) is 16.2. The molecule has 1 amide bonds. The standard InChI is InChI=1S/C21H18N2O4S/c1-14-22-16(13-28-14)9-12-20(24)27-17-10-7-15(8-11-17)23-21(25)18-5-3-4-6-19(18)26-2/h3-13H,1-2H3,(H,23,25)/b12-9+. The third-order valence-electron chi connectivity index (χ3n) is 3.71.